The first kappa shape index (κ1) is 17.6. The first-order valence-electron chi connectivity index (χ1n) is 6.73. The summed E-state index contributed by atoms with van der Waals surface area (Å²) in [6.07, 6.45) is 0. The van der Waals surface area contributed by atoms with E-state index in [1.807, 2.05) is 0 Å². The fourth-order valence-electron chi connectivity index (χ4n) is 1.83. The molecule has 0 aliphatic rings. The largest absolute Gasteiger partial charge is 0.465 e. The van der Waals surface area contributed by atoms with Gasteiger partial charge in [0, 0.05) is 6.07 Å². The van der Waals surface area contributed by atoms with Gasteiger partial charge in [0.15, 0.2) is 5.82 Å². The standard InChI is InChI=1S/C14H15N3O6S/c1-9-7-12(17-23-9)16-13(18)8-15-24(20,21)11-6-4-3-5-10(11)14(19)22-2/h3-7,15H,8H2,1-2H3,(H,16,17,18). The Morgan fingerprint density at radius 1 is 1.29 bits per heavy atom. The molecule has 0 saturated heterocycles. The van der Waals surface area contributed by atoms with Crippen LogP contribution >= 0.6 is 0 Å². The third kappa shape index (κ3) is 4.18. The molecular weight excluding hydrogens is 338 g/mol. The molecule has 0 aliphatic carbocycles. The van der Waals surface area contributed by atoms with Crippen molar-refractivity contribution in [1.82, 2.24) is 9.88 Å². The highest BCUT2D eigenvalue weighted by Crippen LogP contribution is 2.16. The highest BCUT2D eigenvalue weighted by molar-refractivity contribution is 7.89. The third-order valence-electron chi connectivity index (χ3n) is 2.90. The minimum absolute atomic E-state index is 0.125. The van der Waals surface area contributed by atoms with Gasteiger partial charge in [0.1, 0.15) is 5.76 Å². The number of amides is 1. The molecule has 128 valence electrons. The zero-order valence-corrected chi connectivity index (χ0v) is 13.7. The van der Waals surface area contributed by atoms with Gasteiger partial charge in [-0.25, -0.2) is 17.9 Å². The number of esters is 1. The first-order valence-corrected chi connectivity index (χ1v) is 8.22. The average molecular weight is 353 g/mol. The Hall–Kier alpha value is -2.72. The third-order valence-corrected chi connectivity index (χ3v) is 4.36. The van der Waals surface area contributed by atoms with E-state index in [2.05, 4.69) is 19.9 Å². The number of anilines is 1. The van der Waals surface area contributed by atoms with Gasteiger partial charge in [-0.3, -0.25) is 4.79 Å². The number of hydrogen-bond donors (Lipinski definition) is 2. The summed E-state index contributed by atoms with van der Waals surface area (Å²) in [6.45, 7) is 1.11. The van der Waals surface area contributed by atoms with Crippen LogP contribution in [0.1, 0.15) is 16.1 Å². The van der Waals surface area contributed by atoms with Crippen molar-refractivity contribution in [3.8, 4) is 0 Å². The molecule has 0 unspecified atom stereocenters. The Bertz CT molecular complexity index is 859. The second-order valence-corrected chi connectivity index (χ2v) is 6.42. The SMILES string of the molecule is COC(=O)c1ccccc1S(=O)(=O)NCC(=O)Nc1cc(C)on1. The van der Waals surface area contributed by atoms with Crippen LogP contribution in [0.2, 0.25) is 0 Å². The molecule has 0 radical (unpaired) electrons. The number of benzene rings is 1. The molecule has 0 atom stereocenters. The average Bonchev–Trinajstić information content (AvgIpc) is 2.97. The molecule has 0 bridgehead atoms. The van der Waals surface area contributed by atoms with E-state index in [-0.39, 0.29) is 16.3 Å². The zero-order valence-electron chi connectivity index (χ0n) is 12.9. The number of aromatic nitrogens is 1. The Labute approximate surface area is 138 Å². The predicted molar refractivity (Wildman–Crippen MR) is 82.8 cm³/mol. The van der Waals surface area contributed by atoms with Crippen molar-refractivity contribution in [3.63, 3.8) is 0 Å². The Morgan fingerprint density at radius 2 is 2.00 bits per heavy atom. The quantitative estimate of drug-likeness (QED) is 0.731. The number of nitrogens with zero attached hydrogens (tertiary/aromatic N) is 1. The molecule has 1 aromatic carbocycles. The van der Waals surface area contributed by atoms with Gasteiger partial charge >= 0.3 is 5.97 Å². The summed E-state index contributed by atoms with van der Waals surface area (Å²) >= 11 is 0. The summed E-state index contributed by atoms with van der Waals surface area (Å²) in [6, 6.07) is 7.01. The number of hydrogen-bond acceptors (Lipinski definition) is 7. The number of nitrogens with one attached hydrogen (secondary N) is 2. The topological polar surface area (TPSA) is 128 Å². The second kappa shape index (κ2) is 7.23. The minimum atomic E-state index is -4.08. The Morgan fingerprint density at radius 3 is 2.62 bits per heavy atom. The van der Waals surface area contributed by atoms with Crippen LogP contribution in [0, 0.1) is 6.92 Å². The zero-order chi connectivity index (χ0) is 17.7. The number of aryl methyl sites for hydroxylation is 1. The van der Waals surface area contributed by atoms with Crippen molar-refractivity contribution < 1.29 is 27.3 Å². The van der Waals surface area contributed by atoms with Crippen LogP contribution in [-0.2, 0) is 19.6 Å². The highest BCUT2D eigenvalue weighted by atomic mass is 32.2. The van der Waals surface area contributed by atoms with E-state index in [0.29, 0.717) is 5.76 Å². The van der Waals surface area contributed by atoms with Gasteiger partial charge in [-0.1, -0.05) is 17.3 Å². The maximum absolute atomic E-state index is 12.3. The number of sulfonamides is 1. The fraction of sp³-hybridized carbons (Fsp3) is 0.214. The van der Waals surface area contributed by atoms with Gasteiger partial charge in [-0.2, -0.15) is 0 Å². The summed E-state index contributed by atoms with van der Waals surface area (Å²) in [5.74, 6) is -0.759. The van der Waals surface area contributed by atoms with E-state index in [9.17, 15) is 18.0 Å². The molecule has 9 nitrogen and oxygen atoms in total. The molecule has 1 aromatic heterocycles. The van der Waals surface area contributed by atoms with Crippen LogP contribution in [0.25, 0.3) is 0 Å². The molecule has 0 saturated carbocycles. The van der Waals surface area contributed by atoms with Crippen molar-refractivity contribution in [1.29, 1.82) is 0 Å². The second-order valence-electron chi connectivity index (χ2n) is 4.68. The lowest BCUT2D eigenvalue weighted by atomic mass is 10.2. The molecule has 10 heteroatoms. The maximum Gasteiger partial charge on any atom is 0.339 e. The lowest BCUT2D eigenvalue weighted by Crippen LogP contribution is -2.33. The molecule has 24 heavy (non-hydrogen) atoms. The monoisotopic (exact) mass is 353 g/mol. The van der Waals surface area contributed by atoms with Crippen LogP contribution in [0.5, 0.6) is 0 Å². The smallest absolute Gasteiger partial charge is 0.339 e. The lowest BCUT2D eigenvalue weighted by molar-refractivity contribution is -0.115. The molecule has 2 N–H and O–H groups in total. The van der Waals surface area contributed by atoms with Gasteiger partial charge in [0.25, 0.3) is 0 Å². The summed E-state index contributed by atoms with van der Waals surface area (Å²) in [5, 5.41) is 5.93. The van der Waals surface area contributed by atoms with Crippen LogP contribution in [0.15, 0.2) is 39.8 Å². The van der Waals surface area contributed by atoms with Crippen molar-refractivity contribution >= 4 is 27.7 Å². The van der Waals surface area contributed by atoms with E-state index in [4.69, 9.17) is 4.52 Å². The molecule has 1 amide bonds. The minimum Gasteiger partial charge on any atom is -0.465 e. The van der Waals surface area contributed by atoms with E-state index >= 15 is 0 Å². The lowest BCUT2D eigenvalue weighted by Gasteiger charge is -2.10. The van der Waals surface area contributed by atoms with Gasteiger partial charge in [-0.15, -0.1) is 0 Å². The number of ether oxygens (including phenoxy) is 1. The van der Waals surface area contributed by atoms with E-state index < -0.39 is 28.4 Å². The van der Waals surface area contributed by atoms with E-state index in [1.54, 1.807) is 6.92 Å². The van der Waals surface area contributed by atoms with Crippen molar-refractivity contribution in [2.75, 3.05) is 19.0 Å². The molecule has 2 rings (SSSR count). The van der Waals surface area contributed by atoms with Gasteiger partial charge < -0.3 is 14.6 Å². The molecule has 2 aromatic rings. The highest BCUT2D eigenvalue weighted by Gasteiger charge is 2.23. The molecular formula is C14H15N3O6S. The number of carbonyl (C=O) groups is 2. The van der Waals surface area contributed by atoms with Crippen molar-refractivity contribution in [2.45, 2.75) is 11.8 Å². The maximum atomic E-state index is 12.3. The van der Waals surface area contributed by atoms with Crippen molar-refractivity contribution in [2.24, 2.45) is 0 Å². The van der Waals surface area contributed by atoms with Gasteiger partial charge in [0.2, 0.25) is 15.9 Å². The molecule has 1 heterocycles. The van der Waals surface area contributed by atoms with Crippen LogP contribution in [0.4, 0.5) is 5.82 Å². The summed E-state index contributed by atoms with van der Waals surface area (Å²) in [5.41, 5.74) is -0.125. The van der Waals surface area contributed by atoms with E-state index in [0.717, 1.165) is 7.11 Å². The molecule has 0 fully saturated rings. The number of rotatable bonds is 6. The molecule has 0 aliphatic heterocycles. The van der Waals surface area contributed by atoms with Crippen molar-refractivity contribution in [3.05, 3.63) is 41.7 Å². The van der Waals surface area contributed by atoms with Crippen LogP contribution < -0.4 is 10.0 Å². The van der Waals surface area contributed by atoms with Gasteiger partial charge in [-0.05, 0) is 19.1 Å². The normalized spacial score (nSPS) is 11.1. The van der Waals surface area contributed by atoms with E-state index in [1.165, 1.54) is 30.3 Å². The van der Waals surface area contributed by atoms with Gasteiger partial charge in [0.05, 0.1) is 24.1 Å². The predicted octanol–water partition coefficient (Wildman–Crippen LogP) is 0.687. The Kier molecular flexibility index (Phi) is 5.31. The Balaban J connectivity index is 2.09. The summed E-state index contributed by atoms with van der Waals surface area (Å²) < 4.78 is 36.0. The summed E-state index contributed by atoms with van der Waals surface area (Å²) in [4.78, 5) is 23.1. The van der Waals surface area contributed by atoms with Crippen LogP contribution in [-0.4, -0.2) is 39.1 Å². The summed E-state index contributed by atoms with van der Waals surface area (Å²) in [7, 11) is -2.94. The first-order chi connectivity index (χ1) is 11.3. The molecule has 0 spiro atoms. The number of carbonyl (C=O) groups excluding carboxylic acids is 2. The van der Waals surface area contributed by atoms with Crippen LogP contribution in [0.3, 0.4) is 0 Å². The fourth-order valence-corrected chi connectivity index (χ4v) is 3.01. The number of methoxy groups -OCH3 is 1.